The van der Waals surface area contributed by atoms with Gasteiger partial charge in [0, 0.05) is 38.9 Å². The highest BCUT2D eigenvalue weighted by atomic mass is 32.1. The van der Waals surface area contributed by atoms with Crippen LogP contribution in [0.4, 0.5) is 8.78 Å². The average molecular weight is 464 g/mol. The van der Waals surface area contributed by atoms with Gasteiger partial charge in [0.05, 0.1) is 0 Å². The van der Waals surface area contributed by atoms with E-state index in [4.69, 9.17) is 9.52 Å². The first-order chi connectivity index (χ1) is 15.7. The number of fused-ring (bicyclic) bond motifs is 2. The third-order valence-electron chi connectivity index (χ3n) is 5.36. The summed E-state index contributed by atoms with van der Waals surface area (Å²) >= 11 is 1.11. The van der Waals surface area contributed by atoms with Crippen LogP contribution >= 0.6 is 11.3 Å². The fraction of sp³-hybridized carbons (Fsp3) is 0.0400. The van der Waals surface area contributed by atoms with Crippen LogP contribution in [0.15, 0.2) is 57.8 Å². The number of aliphatic hydroxyl groups excluding tert-OH is 1. The quantitative estimate of drug-likeness (QED) is 0.282. The van der Waals surface area contributed by atoms with Crippen molar-refractivity contribution in [3.05, 3.63) is 91.6 Å². The summed E-state index contributed by atoms with van der Waals surface area (Å²) in [6.45, 7) is 1.65. The van der Waals surface area contributed by atoms with Gasteiger partial charge in [-0.05, 0) is 60.5 Å². The number of halogens is 2. The molecule has 164 valence electrons. The van der Waals surface area contributed by atoms with Crippen LogP contribution in [0.25, 0.3) is 44.2 Å². The maximum atomic E-state index is 15.0. The number of carbonyl (C=O) groups is 1. The predicted octanol–water partition coefficient (Wildman–Crippen LogP) is 5.23. The van der Waals surface area contributed by atoms with Crippen LogP contribution in [-0.4, -0.2) is 16.2 Å². The minimum atomic E-state index is -1.18. The smallest absolute Gasteiger partial charge is 0.328 e. The zero-order chi connectivity index (χ0) is 23.4. The second-order valence-electron chi connectivity index (χ2n) is 7.57. The summed E-state index contributed by atoms with van der Waals surface area (Å²) in [7, 11) is 0. The molecule has 33 heavy (non-hydrogen) atoms. The highest BCUT2D eigenvalue weighted by Crippen LogP contribution is 2.40. The van der Waals surface area contributed by atoms with Crippen LogP contribution in [0.2, 0.25) is 0 Å². The Balaban J connectivity index is 1.91. The van der Waals surface area contributed by atoms with Gasteiger partial charge in [-0.2, -0.15) is 0 Å². The maximum absolute atomic E-state index is 15.0. The predicted molar refractivity (Wildman–Crippen MR) is 123 cm³/mol. The van der Waals surface area contributed by atoms with Gasteiger partial charge in [0.2, 0.25) is 0 Å². The van der Waals surface area contributed by atoms with Crippen LogP contribution in [-0.2, 0) is 4.79 Å². The van der Waals surface area contributed by atoms with E-state index >= 15 is 4.39 Å². The van der Waals surface area contributed by atoms with E-state index in [0.29, 0.717) is 32.3 Å². The minimum Gasteiger partial charge on any atom is -0.506 e. The van der Waals surface area contributed by atoms with Crippen molar-refractivity contribution in [2.75, 3.05) is 0 Å². The number of hydrogen-bond acceptors (Lipinski definition) is 5. The molecule has 0 spiro atoms. The van der Waals surface area contributed by atoms with Gasteiger partial charge < -0.3 is 14.6 Å². The molecule has 5 nitrogen and oxygen atoms in total. The lowest BCUT2D eigenvalue weighted by Gasteiger charge is -2.11. The zero-order valence-electron chi connectivity index (χ0n) is 17.0. The van der Waals surface area contributed by atoms with Crippen LogP contribution in [0.3, 0.4) is 0 Å². The lowest BCUT2D eigenvalue weighted by molar-refractivity contribution is -0.131. The number of rotatable bonds is 3. The Hall–Kier alpha value is -4.04. The Morgan fingerprint density at radius 3 is 2.58 bits per heavy atom. The fourth-order valence-corrected chi connectivity index (χ4v) is 5.08. The molecule has 0 atom stereocenters. The Kier molecular flexibility index (Phi) is 4.75. The normalized spacial score (nSPS) is 12.9. The molecule has 1 aliphatic heterocycles. The topological polar surface area (TPSA) is 87.7 Å². The number of carboxylic acids is 1. The summed E-state index contributed by atoms with van der Waals surface area (Å²) in [5.74, 6) is -2.55. The largest absolute Gasteiger partial charge is 0.506 e. The van der Waals surface area contributed by atoms with Gasteiger partial charge in [-0.25, -0.2) is 13.6 Å². The first kappa shape index (κ1) is 20.8. The molecule has 0 saturated heterocycles. The first-order valence-corrected chi connectivity index (χ1v) is 10.6. The highest BCUT2D eigenvalue weighted by molar-refractivity contribution is 7.17. The molecule has 2 aromatic carbocycles. The molecule has 0 amide bonds. The van der Waals surface area contributed by atoms with E-state index in [1.165, 1.54) is 36.4 Å². The maximum Gasteiger partial charge on any atom is 0.328 e. The number of aliphatic hydroxyl groups is 1. The van der Waals surface area contributed by atoms with Crippen molar-refractivity contribution in [2.24, 2.45) is 0 Å². The van der Waals surface area contributed by atoms with Crippen LogP contribution < -0.4 is 9.96 Å². The van der Waals surface area contributed by atoms with Crippen LogP contribution in [0, 0.1) is 18.6 Å². The molecule has 2 N–H and O–H groups in total. The number of aliphatic carboxylic acids is 1. The van der Waals surface area contributed by atoms with Gasteiger partial charge in [-0.3, -0.25) is 4.79 Å². The van der Waals surface area contributed by atoms with Gasteiger partial charge in [0.1, 0.15) is 16.1 Å². The van der Waals surface area contributed by atoms with Crippen LogP contribution in [0.1, 0.15) is 16.7 Å². The number of carboxylic acid groups (broad SMARTS) is 1. The molecule has 0 bridgehead atoms. The minimum absolute atomic E-state index is 0.134. The number of thiophene rings is 1. The second-order valence-corrected chi connectivity index (χ2v) is 8.62. The van der Waals surface area contributed by atoms with Gasteiger partial charge in [-0.1, -0.05) is 0 Å². The SMILES string of the molecule is Cc1cc(F)ccc1C(O)=c1sc2cc(=O)cc3c4cc(/C=C/C(=O)O)cc(F)c4oc1c2-3. The molecule has 8 heteroatoms. The number of benzene rings is 3. The summed E-state index contributed by atoms with van der Waals surface area (Å²) in [4.78, 5) is 23.2. The molecule has 1 aromatic heterocycles. The Morgan fingerprint density at radius 1 is 1.06 bits per heavy atom. The van der Waals surface area contributed by atoms with E-state index in [0.717, 1.165) is 23.5 Å². The van der Waals surface area contributed by atoms with Crippen molar-refractivity contribution in [3.63, 3.8) is 0 Å². The number of hydrogen-bond donors (Lipinski definition) is 2. The van der Waals surface area contributed by atoms with E-state index in [2.05, 4.69) is 0 Å². The van der Waals surface area contributed by atoms with E-state index in [-0.39, 0.29) is 32.4 Å². The van der Waals surface area contributed by atoms with E-state index in [1.54, 1.807) is 13.0 Å². The molecular formula is C25H14F2O5S. The Morgan fingerprint density at radius 2 is 1.85 bits per heavy atom. The van der Waals surface area contributed by atoms with Crippen molar-refractivity contribution in [1.29, 1.82) is 0 Å². The molecule has 0 fully saturated rings. The van der Waals surface area contributed by atoms with Gasteiger partial charge in [0.25, 0.3) is 0 Å². The Labute approximate surface area is 188 Å². The summed E-state index contributed by atoms with van der Waals surface area (Å²) in [6, 6.07) is 9.37. The number of aryl methyl sites for hydroxylation is 1. The summed E-state index contributed by atoms with van der Waals surface area (Å²) < 4.78 is 35.3. The standard InChI is InChI=1S/C25H14F2O5S/c1-11-6-13(26)3-4-15(11)22(31)25-24-21-16(9-14(28)10-19(21)33-25)17-7-12(2-5-20(29)30)8-18(27)23(17)32-24/h2-10,31H,1H3,(H,29,30)/b5-2+,25-22?. The Bertz CT molecular complexity index is 1710. The van der Waals surface area contributed by atoms with Gasteiger partial charge in [-0.15, -0.1) is 11.3 Å². The summed E-state index contributed by atoms with van der Waals surface area (Å²) in [5, 5.41) is 20.2. The lowest BCUT2D eigenvalue weighted by atomic mass is 9.97. The third-order valence-corrected chi connectivity index (χ3v) is 6.48. The van der Waals surface area contributed by atoms with Crippen LogP contribution in [0.5, 0.6) is 0 Å². The summed E-state index contributed by atoms with van der Waals surface area (Å²) in [5.41, 5.74) is 1.88. The molecule has 0 radical (unpaired) electrons. The third kappa shape index (κ3) is 3.44. The molecule has 2 aliphatic rings. The first-order valence-electron chi connectivity index (χ1n) is 9.76. The fourth-order valence-electron chi connectivity index (χ4n) is 3.94. The molecular weight excluding hydrogens is 450 g/mol. The monoisotopic (exact) mass is 464 g/mol. The lowest BCUT2D eigenvalue weighted by Crippen LogP contribution is -2.05. The van der Waals surface area contributed by atoms with Crippen molar-refractivity contribution in [1.82, 2.24) is 0 Å². The average Bonchev–Trinajstić information content (AvgIpc) is 3.11. The highest BCUT2D eigenvalue weighted by Gasteiger charge is 2.23. The second kappa shape index (κ2) is 7.53. The van der Waals surface area contributed by atoms with Gasteiger partial charge >= 0.3 is 5.97 Å². The van der Waals surface area contributed by atoms with Crippen molar-refractivity contribution >= 4 is 50.4 Å². The van der Waals surface area contributed by atoms with Crippen molar-refractivity contribution in [2.45, 2.75) is 6.92 Å². The van der Waals surface area contributed by atoms with Crippen molar-refractivity contribution in [3.8, 4) is 11.1 Å². The molecule has 2 heterocycles. The van der Waals surface area contributed by atoms with E-state index in [9.17, 15) is 19.1 Å². The molecule has 0 saturated carbocycles. The van der Waals surface area contributed by atoms with Gasteiger partial charge in [0.15, 0.2) is 22.4 Å². The van der Waals surface area contributed by atoms with Crippen molar-refractivity contribution < 1.29 is 28.2 Å². The molecule has 1 aliphatic carbocycles. The van der Waals surface area contributed by atoms with E-state index in [1.807, 2.05) is 0 Å². The zero-order valence-corrected chi connectivity index (χ0v) is 17.8. The molecule has 3 aromatic rings. The summed E-state index contributed by atoms with van der Waals surface area (Å²) in [6.07, 6.45) is 2.13. The molecule has 0 unspecified atom stereocenters. The van der Waals surface area contributed by atoms with E-state index < -0.39 is 17.6 Å². The molecule has 5 rings (SSSR count).